The van der Waals surface area contributed by atoms with E-state index in [1.54, 1.807) is 18.5 Å². The van der Waals surface area contributed by atoms with Crippen molar-refractivity contribution < 1.29 is 17.5 Å². The first-order valence-electron chi connectivity index (χ1n) is 11.9. The third-order valence-electron chi connectivity index (χ3n) is 6.38. The van der Waals surface area contributed by atoms with Crippen molar-refractivity contribution >= 4 is 0 Å². The number of benzene rings is 1. The highest BCUT2D eigenvalue weighted by atomic mass is 16.5. The average molecular weight is 439 g/mol. The zero-order valence-corrected chi connectivity index (χ0v) is 19.2. The fourth-order valence-electron chi connectivity index (χ4n) is 4.65. The van der Waals surface area contributed by atoms with Crippen LogP contribution in [0, 0.1) is 5.41 Å². The zero-order chi connectivity index (χ0) is 24.9. The van der Waals surface area contributed by atoms with E-state index < -0.39 is 23.5 Å². The Morgan fingerprint density at radius 2 is 1.84 bits per heavy atom. The second-order valence-corrected chi connectivity index (χ2v) is 9.75. The lowest BCUT2D eigenvalue weighted by atomic mass is 9.62. The quantitative estimate of drug-likeness (QED) is 0.606. The molecule has 170 valence electrons. The SMILES string of the molecule is [2H]C([2H])C(C)(O)c1nc(-c2cncc([C@@](O)(c3ccc(C(C)C)cc3)C3(C)CN(C)C3)c2)no1. The van der Waals surface area contributed by atoms with E-state index >= 15 is 0 Å². The minimum atomic E-state index is -1.90. The van der Waals surface area contributed by atoms with Gasteiger partial charge < -0.3 is 19.6 Å². The van der Waals surface area contributed by atoms with Gasteiger partial charge in [0.15, 0.2) is 0 Å². The summed E-state index contributed by atoms with van der Waals surface area (Å²) in [6.07, 6.45) is 3.22. The maximum Gasteiger partial charge on any atom is 0.258 e. The van der Waals surface area contributed by atoms with Gasteiger partial charge in [-0.3, -0.25) is 4.98 Å². The van der Waals surface area contributed by atoms with Gasteiger partial charge in [-0.05, 0) is 44.0 Å². The molecule has 7 heteroatoms. The van der Waals surface area contributed by atoms with Crippen molar-refractivity contribution in [1.82, 2.24) is 20.0 Å². The number of hydrogen-bond donors (Lipinski definition) is 2. The molecule has 2 N–H and O–H groups in total. The van der Waals surface area contributed by atoms with Crippen LogP contribution in [0.25, 0.3) is 11.4 Å². The van der Waals surface area contributed by atoms with Gasteiger partial charge in [-0.1, -0.05) is 50.2 Å². The summed E-state index contributed by atoms with van der Waals surface area (Å²) >= 11 is 0. The normalized spacial score (nSPS) is 20.9. The maximum absolute atomic E-state index is 12.3. The van der Waals surface area contributed by atoms with Crippen LogP contribution in [0.15, 0.2) is 47.2 Å². The maximum atomic E-state index is 12.3. The smallest absolute Gasteiger partial charge is 0.258 e. The summed E-state index contributed by atoms with van der Waals surface area (Å²) < 4.78 is 20.2. The fourth-order valence-corrected chi connectivity index (χ4v) is 4.65. The highest BCUT2D eigenvalue weighted by Crippen LogP contribution is 2.50. The lowest BCUT2D eigenvalue weighted by molar-refractivity contribution is -0.127. The molecule has 1 fully saturated rings. The predicted molar refractivity (Wildman–Crippen MR) is 122 cm³/mol. The van der Waals surface area contributed by atoms with Crippen LogP contribution in [0.4, 0.5) is 0 Å². The number of aliphatic hydroxyl groups is 2. The number of nitrogens with zero attached hydrogens (tertiary/aromatic N) is 4. The molecule has 3 aromatic rings. The van der Waals surface area contributed by atoms with Gasteiger partial charge in [0.1, 0.15) is 11.2 Å². The van der Waals surface area contributed by atoms with Gasteiger partial charge in [0, 0.05) is 44.8 Å². The Morgan fingerprint density at radius 3 is 2.44 bits per heavy atom. The van der Waals surface area contributed by atoms with E-state index in [0.29, 0.717) is 30.1 Å². The van der Waals surface area contributed by atoms with Crippen LogP contribution in [0.2, 0.25) is 0 Å². The lowest BCUT2D eigenvalue weighted by Gasteiger charge is -2.55. The lowest BCUT2D eigenvalue weighted by Crippen LogP contribution is -2.63. The Morgan fingerprint density at radius 1 is 1.16 bits per heavy atom. The topological polar surface area (TPSA) is 95.5 Å². The van der Waals surface area contributed by atoms with Crippen LogP contribution < -0.4 is 0 Å². The summed E-state index contributed by atoms with van der Waals surface area (Å²) in [7, 11) is 2.03. The Hall–Kier alpha value is -2.61. The summed E-state index contributed by atoms with van der Waals surface area (Å²) in [5.74, 6) is 0.336. The van der Waals surface area contributed by atoms with E-state index in [4.69, 9.17) is 7.26 Å². The molecule has 0 aliphatic carbocycles. The summed E-state index contributed by atoms with van der Waals surface area (Å²) in [6, 6.07) is 9.87. The zero-order valence-electron chi connectivity index (χ0n) is 21.2. The molecule has 32 heavy (non-hydrogen) atoms. The van der Waals surface area contributed by atoms with Gasteiger partial charge >= 0.3 is 0 Å². The van der Waals surface area contributed by atoms with Crippen molar-refractivity contribution in [1.29, 1.82) is 0 Å². The van der Waals surface area contributed by atoms with Gasteiger partial charge in [-0.2, -0.15) is 4.98 Å². The molecule has 2 atom stereocenters. The monoisotopic (exact) mass is 438 g/mol. The number of aromatic nitrogens is 3. The third-order valence-corrected chi connectivity index (χ3v) is 6.38. The highest BCUT2D eigenvalue weighted by molar-refractivity contribution is 5.56. The van der Waals surface area contributed by atoms with Crippen molar-refractivity contribution in [3.05, 3.63) is 65.3 Å². The van der Waals surface area contributed by atoms with E-state index in [2.05, 4.69) is 52.9 Å². The predicted octanol–water partition coefficient (Wildman–Crippen LogP) is 3.67. The standard InChI is InChI=1S/C25H32N4O3/c1-16(2)17-7-9-19(10-8-17)25(31,24(5)14-29(6)15-24)20-11-18(12-26-13-20)21-27-22(32-28-21)23(3,4)30/h7-13,16,30-31H,14-15H2,1-6H3/t25-/m0/s1/i3D2/t23?,25-. The molecule has 0 spiro atoms. The number of pyridine rings is 1. The molecule has 1 unspecified atom stereocenters. The van der Waals surface area contributed by atoms with Gasteiger partial charge in [-0.25, -0.2) is 0 Å². The van der Waals surface area contributed by atoms with E-state index in [-0.39, 0.29) is 11.7 Å². The Kier molecular flexibility index (Phi) is 4.86. The molecule has 0 radical (unpaired) electrons. The minimum absolute atomic E-state index is 0.165. The second kappa shape index (κ2) is 7.76. The van der Waals surface area contributed by atoms with Crippen molar-refractivity contribution in [3.63, 3.8) is 0 Å². The Bertz CT molecular complexity index is 1160. The summed E-state index contributed by atoms with van der Waals surface area (Å²) in [5, 5.41) is 26.6. The minimum Gasteiger partial charge on any atom is -0.381 e. The molecule has 2 aromatic heterocycles. The van der Waals surface area contributed by atoms with Gasteiger partial charge in [0.05, 0.1) is 0 Å². The van der Waals surface area contributed by atoms with Crippen LogP contribution in [-0.4, -0.2) is 50.4 Å². The number of rotatable bonds is 6. The van der Waals surface area contributed by atoms with Crippen molar-refractivity contribution in [2.45, 2.75) is 51.7 Å². The van der Waals surface area contributed by atoms with Crippen molar-refractivity contribution in [2.75, 3.05) is 20.1 Å². The van der Waals surface area contributed by atoms with Gasteiger partial charge in [0.25, 0.3) is 5.89 Å². The Balaban J connectivity index is 1.79. The molecule has 3 heterocycles. The molecule has 7 nitrogen and oxygen atoms in total. The molecule has 4 rings (SSSR count). The second-order valence-electron chi connectivity index (χ2n) is 9.75. The summed E-state index contributed by atoms with van der Waals surface area (Å²) in [4.78, 5) is 10.7. The first-order chi connectivity index (χ1) is 15.9. The van der Waals surface area contributed by atoms with Gasteiger partial charge in [-0.15, -0.1) is 0 Å². The van der Waals surface area contributed by atoms with Crippen LogP contribution >= 0.6 is 0 Å². The first kappa shape index (κ1) is 20.0. The van der Waals surface area contributed by atoms with Crippen molar-refractivity contribution in [2.24, 2.45) is 5.41 Å². The van der Waals surface area contributed by atoms with E-state index in [1.807, 2.05) is 19.2 Å². The third kappa shape index (κ3) is 3.74. The van der Waals surface area contributed by atoms with Crippen LogP contribution in [0.1, 0.15) is 65.8 Å². The summed E-state index contributed by atoms with van der Waals surface area (Å²) in [5.41, 5.74) is -0.574. The van der Waals surface area contributed by atoms with Crippen molar-refractivity contribution in [3.8, 4) is 11.4 Å². The molecule has 1 saturated heterocycles. The van der Waals surface area contributed by atoms with E-state index in [0.717, 1.165) is 5.56 Å². The van der Waals surface area contributed by atoms with Crippen LogP contribution in [-0.2, 0) is 11.2 Å². The number of hydrogen-bond acceptors (Lipinski definition) is 7. The van der Waals surface area contributed by atoms with E-state index in [1.165, 1.54) is 12.5 Å². The van der Waals surface area contributed by atoms with Crippen LogP contribution in [0.5, 0.6) is 0 Å². The molecule has 1 aliphatic heterocycles. The number of likely N-dealkylation sites (tertiary alicyclic amines) is 1. The average Bonchev–Trinajstić information content (AvgIpc) is 3.29. The molecular weight excluding hydrogens is 404 g/mol. The molecule has 0 saturated carbocycles. The Labute approximate surface area is 191 Å². The molecular formula is C25H32N4O3. The summed E-state index contributed by atoms with van der Waals surface area (Å²) in [6.45, 7) is 7.46. The van der Waals surface area contributed by atoms with Gasteiger partial charge in [0.2, 0.25) is 5.82 Å². The molecule has 0 bridgehead atoms. The fraction of sp³-hybridized carbons (Fsp3) is 0.480. The first-order valence-corrected chi connectivity index (χ1v) is 10.8. The van der Waals surface area contributed by atoms with Crippen LogP contribution in [0.3, 0.4) is 0 Å². The molecule has 0 amide bonds. The molecule has 1 aliphatic rings. The van der Waals surface area contributed by atoms with E-state index in [9.17, 15) is 10.2 Å². The molecule has 1 aromatic carbocycles. The largest absolute Gasteiger partial charge is 0.381 e. The highest BCUT2D eigenvalue weighted by Gasteiger charge is 2.55.